The molecule has 114 valence electrons. The maximum atomic E-state index is 12.1. The van der Waals surface area contributed by atoms with Crippen LogP contribution in [0.5, 0.6) is 0 Å². The quantitative estimate of drug-likeness (QED) is 0.584. The Morgan fingerprint density at radius 1 is 1.48 bits per heavy atom. The van der Waals surface area contributed by atoms with Crippen molar-refractivity contribution in [1.29, 1.82) is 0 Å². The summed E-state index contributed by atoms with van der Waals surface area (Å²) in [5.41, 5.74) is -0.239. The maximum Gasteiger partial charge on any atom is 0.304 e. The number of sulfonamides is 1. The number of aromatic nitrogens is 1. The number of thiophene rings is 1. The van der Waals surface area contributed by atoms with Gasteiger partial charge < -0.3 is 5.32 Å². The number of thiazole rings is 1. The van der Waals surface area contributed by atoms with Crippen molar-refractivity contribution in [2.45, 2.75) is 17.7 Å². The fraction of sp³-hybridized carbons (Fsp3) is 0.300. The van der Waals surface area contributed by atoms with Crippen LogP contribution in [-0.2, 0) is 16.6 Å². The molecule has 0 radical (unpaired) electrons. The monoisotopic (exact) mass is 348 g/mol. The third-order valence-electron chi connectivity index (χ3n) is 2.39. The Balaban J connectivity index is 2.23. The molecule has 2 heterocycles. The summed E-state index contributed by atoms with van der Waals surface area (Å²) >= 11 is 2.16. The first-order valence-electron chi connectivity index (χ1n) is 5.84. The molecule has 0 bridgehead atoms. The number of hydrogen-bond acceptors (Lipinski definition) is 8. The van der Waals surface area contributed by atoms with Gasteiger partial charge >= 0.3 is 5.69 Å². The molecule has 2 aromatic heterocycles. The van der Waals surface area contributed by atoms with Gasteiger partial charge in [0.25, 0.3) is 10.0 Å². The third-order valence-corrected chi connectivity index (χ3v) is 6.12. The van der Waals surface area contributed by atoms with E-state index in [2.05, 4.69) is 15.0 Å². The van der Waals surface area contributed by atoms with Crippen molar-refractivity contribution in [3.63, 3.8) is 0 Å². The predicted molar refractivity (Wildman–Crippen MR) is 81.3 cm³/mol. The molecule has 0 spiro atoms. The van der Waals surface area contributed by atoms with Crippen LogP contribution in [0.15, 0.2) is 21.9 Å². The van der Waals surface area contributed by atoms with E-state index in [4.69, 9.17) is 0 Å². The van der Waals surface area contributed by atoms with Gasteiger partial charge in [0.15, 0.2) is 5.00 Å². The Labute approximate surface area is 129 Å². The minimum absolute atomic E-state index is 0.0578. The number of nitrogens with one attached hydrogen (secondary N) is 2. The van der Waals surface area contributed by atoms with Gasteiger partial charge in [-0.1, -0.05) is 11.3 Å². The number of anilines is 1. The second-order valence-electron chi connectivity index (χ2n) is 3.82. The van der Waals surface area contributed by atoms with Gasteiger partial charge in [0.1, 0.15) is 9.22 Å². The van der Waals surface area contributed by atoms with Crippen molar-refractivity contribution in [1.82, 2.24) is 9.71 Å². The first kappa shape index (κ1) is 15.8. The Hall–Kier alpha value is -1.56. The van der Waals surface area contributed by atoms with E-state index in [1.807, 2.05) is 0 Å². The topological polar surface area (TPSA) is 114 Å². The summed E-state index contributed by atoms with van der Waals surface area (Å²) in [7, 11) is -3.80. The van der Waals surface area contributed by atoms with E-state index in [-0.39, 0.29) is 21.4 Å². The van der Waals surface area contributed by atoms with Crippen molar-refractivity contribution < 1.29 is 13.3 Å². The van der Waals surface area contributed by atoms with Crippen LogP contribution in [0.4, 0.5) is 10.7 Å². The molecule has 21 heavy (non-hydrogen) atoms. The normalized spacial score (nSPS) is 11.5. The molecule has 0 atom stereocenters. The fourth-order valence-electron chi connectivity index (χ4n) is 1.48. The average molecular weight is 348 g/mol. The Morgan fingerprint density at radius 3 is 2.81 bits per heavy atom. The minimum Gasteiger partial charge on any atom is -0.372 e. The molecule has 0 aromatic carbocycles. The van der Waals surface area contributed by atoms with Gasteiger partial charge in [0.2, 0.25) is 0 Å². The molecule has 0 aliphatic rings. The largest absolute Gasteiger partial charge is 0.372 e. The Morgan fingerprint density at radius 2 is 2.24 bits per heavy atom. The van der Waals surface area contributed by atoms with Gasteiger partial charge in [-0.05, 0) is 6.92 Å². The zero-order chi connectivity index (χ0) is 15.5. The molecule has 11 heteroatoms. The zero-order valence-corrected chi connectivity index (χ0v) is 13.3. The number of rotatable bonds is 7. The minimum atomic E-state index is -3.80. The second kappa shape index (κ2) is 6.47. The maximum absolute atomic E-state index is 12.1. The fourth-order valence-corrected chi connectivity index (χ4v) is 4.56. The van der Waals surface area contributed by atoms with Gasteiger partial charge in [-0.15, -0.1) is 11.3 Å². The van der Waals surface area contributed by atoms with Crippen LogP contribution in [0.2, 0.25) is 0 Å². The lowest BCUT2D eigenvalue weighted by Gasteiger charge is -2.01. The van der Waals surface area contributed by atoms with Crippen LogP contribution in [-0.4, -0.2) is 24.9 Å². The smallest absolute Gasteiger partial charge is 0.304 e. The van der Waals surface area contributed by atoms with Crippen LogP contribution in [0.1, 0.15) is 11.9 Å². The molecule has 0 unspecified atom stereocenters. The van der Waals surface area contributed by atoms with Crippen molar-refractivity contribution in [3.8, 4) is 0 Å². The van der Waals surface area contributed by atoms with Crippen molar-refractivity contribution in [3.05, 3.63) is 32.8 Å². The lowest BCUT2D eigenvalue weighted by molar-refractivity contribution is -0.383. The van der Waals surface area contributed by atoms with E-state index in [1.54, 1.807) is 18.5 Å². The molecule has 2 aromatic rings. The number of hydrogen-bond donors (Lipinski definition) is 2. The summed E-state index contributed by atoms with van der Waals surface area (Å²) in [6.45, 7) is 2.30. The number of nitro groups is 1. The average Bonchev–Trinajstić information content (AvgIpc) is 3.06. The van der Waals surface area contributed by atoms with Crippen LogP contribution in [0.3, 0.4) is 0 Å². The first-order chi connectivity index (χ1) is 9.94. The lowest BCUT2D eigenvalue weighted by Crippen LogP contribution is -2.22. The molecule has 0 amide bonds. The van der Waals surface area contributed by atoms with Gasteiger partial charge in [-0.2, -0.15) is 0 Å². The van der Waals surface area contributed by atoms with Crippen LogP contribution < -0.4 is 10.0 Å². The molecular formula is C10H12N4O4S3. The van der Waals surface area contributed by atoms with E-state index < -0.39 is 14.9 Å². The van der Waals surface area contributed by atoms with Crippen molar-refractivity contribution in [2.75, 3.05) is 11.9 Å². The number of nitrogens with zero attached hydrogens (tertiary/aromatic N) is 2. The molecule has 0 aliphatic carbocycles. The zero-order valence-electron chi connectivity index (χ0n) is 10.9. The Bertz CT molecular complexity index is 724. The molecule has 0 saturated heterocycles. The van der Waals surface area contributed by atoms with E-state index >= 15 is 0 Å². The molecule has 0 fully saturated rings. The standard InChI is InChI=1S/C10H12N4O4S3/c1-2-11-10-7(14(15)16)5-9(20-10)21(17,18)13-6-8-12-3-4-19-8/h3-5,11,13H,2,6H2,1H3. The van der Waals surface area contributed by atoms with Crippen LogP contribution >= 0.6 is 22.7 Å². The summed E-state index contributed by atoms with van der Waals surface area (Å²) < 4.78 is 26.6. The molecule has 8 nitrogen and oxygen atoms in total. The molecular weight excluding hydrogens is 336 g/mol. The highest BCUT2D eigenvalue weighted by Gasteiger charge is 2.25. The SMILES string of the molecule is CCNc1sc(S(=O)(=O)NCc2nccs2)cc1[N+](=O)[O-]. The second-order valence-corrected chi connectivity index (χ2v) is 7.84. The van der Waals surface area contributed by atoms with E-state index in [9.17, 15) is 18.5 Å². The summed E-state index contributed by atoms with van der Waals surface area (Å²) in [5, 5.41) is 16.3. The van der Waals surface area contributed by atoms with Gasteiger partial charge in [0, 0.05) is 24.2 Å². The summed E-state index contributed by atoms with van der Waals surface area (Å²) in [6.07, 6.45) is 1.58. The Kier molecular flexibility index (Phi) is 4.88. The van der Waals surface area contributed by atoms with E-state index in [1.165, 1.54) is 11.3 Å². The molecule has 0 saturated carbocycles. The van der Waals surface area contributed by atoms with Gasteiger partial charge in [-0.25, -0.2) is 18.1 Å². The first-order valence-corrected chi connectivity index (χ1v) is 9.02. The highest BCUT2D eigenvalue weighted by molar-refractivity contribution is 7.91. The summed E-state index contributed by atoms with van der Waals surface area (Å²) in [4.78, 5) is 14.3. The van der Waals surface area contributed by atoms with Crippen molar-refractivity contribution >= 4 is 43.4 Å². The summed E-state index contributed by atoms with van der Waals surface area (Å²) in [5.74, 6) is 0. The third kappa shape index (κ3) is 3.75. The molecule has 2 N–H and O–H groups in total. The highest BCUT2D eigenvalue weighted by Crippen LogP contribution is 2.36. The molecule has 0 aliphatic heterocycles. The predicted octanol–water partition coefficient (Wildman–Crippen LogP) is 2.02. The highest BCUT2D eigenvalue weighted by atomic mass is 32.2. The van der Waals surface area contributed by atoms with Gasteiger partial charge in [-0.3, -0.25) is 10.1 Å². The van der Waals surface area contributed by atoms with Crippen molar-refractivity contribution in [2.24, 2.45) is 0 Å². The lowest BCUT2D eigenvalue weighted by atomic mass is 10.5. The molecule has 2 rings (SSSR count). The van der Waals surface area contributed by atoms with E-state index in [0.717, 1.165) is 17.4 Å². The van der Waals surface area contributed by atoms with E-state index in [0.29, 0.717) is 11.6 Å². The van der Waals surface area contributed by atoms with Crippen LogP contribution in [0, 0.1) is 10.1 Å². The van der Waals surface area contributed by atoms with Crippen LogP contribution in [0.25, 0.3) is 0 Å². The van der Waals surface area contributed by atoms with Gasteiger partial charge in [0.05, 0.1) is 11.5 Å². The summed E-state index contributed by atoms with van der Waals surface area (Å²) in [6, 6.07) is 1.06.